The lowest BCUT2D eigenvalue weighted by atomic mass is 10.1. The SMILES string of the molecule is CC(C)Cc1noc([C@H](C)NC(=O)N2CCCN(c3ncccn3)CC2)n1. The molecule has 3 rings (SSSR count). The van der Waals surface area contributed by atoms with Crippen molar-refractivity contribution in [1.29, 1.82) is 0 Å². The third-order valence-electron chi connectivity index (χ3n) is 4.40. The van der Waals surface area contributed by atoms with E-state index in [0.29, 0.717) is 43.2 Å². The van der Waals surface area contributed by atoms with Crippen LogP contribution in [0.2, 0.25) is 0 Å². The summed E-state index contributed by atoms with van der Waals surface area (Å²) in [5, 5.41) is 6.94. The molecule has 0 bridgehead atoms. The van der Waals surface area contributed by atoms with Crippen LogP contribution < -0.4 is 10.2 Å². The van der Waals surface area contributed by atoms with E-state index >= 15 is 0 Å². The molecular weight excluding hydrogens is 346 g/mol. The number of amides is 2. The van der Waals surface area contributed by atoms with Crippen molar-refractivity contribution in [2.24, 2.45) is 5.92 Å². The Balaban J connectivity index is 1.54. The number of anilines is 1. The first kappa shape index (κ1) is 19.1. The summed E-state index contributed by atoms with van der Waals surface area (Å²) >= 11 is 0. The molecule has 0 unspecified atom stereocenters. The lowest BCUT2D eigenvalue weighted by Crippen LogP contribution is -2.43. The zero-order chi connectivity index (χ0) is 19.2. The number of carbonyl (C=O) groups excluding carboxylic acids is 1. The maximum atomic E-state index is 12.6. The second kappa shape index (κ2) is 8.79. The predicted octanol–water partition coefficient (Wildman–Crippen LogP) is 2.04. The highest BCUT2D eigenvalue weighted by Gasteiger charge is 2.23. The van der Waals surface area contributed by atoms with Crippen LogP contribution in [-0.2, 0) is 6.42 Å². The van der Waals surface area contributed by atoms with Gasteiger partial charge in [0.2, 0.25) is 11.8 Å². The number of nitrogens with zero attached hydrogens (tertiary/aromatic N) is 6. The third-order valence-corrected chi connectivity index (χ3v) is 4.40. The van der Waals surface area contributed by atoms with Crippen LogP contribution in [0.4, 0.5) is 10.7 Å². The Labute approximate surface area is 159 Å². The van der Waals surface area contributed by atoms with E-state index in [1.807, 2.05) is 11.8 Å². The Morgan fingerprint density at radius 1 is 1.19 bits per heavy atom. The highest BCUT2D eigenvalue weighted by Crippen LogP contribution is 2.14. The van der Waals surface area contributed by atoms with E-state index in [1.165, 1.54) is 0 Å². The van der Waals surface area contributed by atoms with Crippen molar-refractivity contribution in [3.05, 3.63) is 30.2 Å². The lowest BCUT2D eigenvalue weighted by Gasteiger charge is -2.23. The molecule has 0 radical (unpaired) electrons. The number of hydrogen-bond acceptors (Lipinski definition) is 7. The molecule has 27 heavy (non-hydrogen) atoms. The standard InChI is InChI=1S/C18H27N7O2/c1-13(2)12-15-22-16(27-23-15)14(3)21-18(26)25-9-5-8-24(10-11-25)17-19-6-4-7-20-17/h4,6-7,13-14H,5,8-12H2,1-3H3,(H,21,26)/t14-/m0/s1. The molecule has 0 saturated carbocycles. The molecule has 0 aromatic carbocycles. The molecule has 1 saturated heterocycles. The van der Waals surface area contributed by atoms with Crippen molar-refractivity contribution in [2.75, 3.05) is 31.1 Å². The topological polar surface area (TPSA) is 100 Å². The molecule has 1 atom stereocenters. The Bertz CT molecular complexity index is 734. The van der Waals surface area contributed by atoms with Crippen LogP contribution in [-0.4, -0.2) is 57.2 Å². The summed E-state index contributed by atoms with van der Waals surface area (Å²) in [6, 6.07) is 1.34. The molecule has 1 N–H and O–H groups in total. The van der Waals surface area contributed by atoms with Crippen LogP contribution in [0, 0.1) is 5.92 Å². The number of hydrogen-bond donors (Lipinski definition) is 1. The summed E-state index contributed by atoms with van der Waals surface area (Å²) in [6.45, 7) is 8.88. The Morgan fingerprint density at radius 2 is 1.96 bits per heavy atom. The molecular formula is C18H27N7O2. The van der Waals surface area contributed by atoms with E-state index < -0.39 is 0 Å². The average Bonchev–Trinajstić information content (AvgIpc) is 2.97. The Kier molecular flexibility index (Phi) is 6.20. The predicted molar refractivity (Wildman–Crippen MR) is 100 cm³/mol. The van der Waals surface area contributed by atoms with Gasteiger partial charge in [-0.3, -0.25) is 0 Å². The van der Waals surface area contributed by atoms with Crippen molar-refractivity contribution in [2.45, 2.75) is 39.7 Å². The van der Waals surface area contributed by atoms with Gasteiger partial charge in [0.1, 0.15) is 6.04 Å². The van der Waals surface area contributed by atoms with Gasteiger partial charge in [0.05, 0.1) is 0 Å². The zero-order valence-electron chi connectivity index (χ0n) is 16.1. The molecule has 0 spiro atoms. The van der Waals surface area contributed by atoms with Gasteiger partial charge >= 0.3 is 6.03 Å². The summed E-state index contributed by atoms with van der Waals surface area (Å²) in [5.74, 6) is 2.27. The van der Waals surface area contributed by atoms with Gasteiger partial charge in [0.25, 0.3) is 0 Å². The molecule has 0 aliphatic carbocycles. The van der Waals surface area contributed by atoms with Crippen LogP contribution in [0.3, 0.4) is 0 Å². The van der Waals surface area contributed by atoms with E-state index in [2.05, 4.69) is 44.2 Å². The average molecular weight is 373 g/mol. The molecule has 2 aromatic rings. The van der Waals surface area contributed by atoms with E-state index in [4.69, 9.17) is 4.52 Å². The van der Waals surface area contributed by atoms with Crippen LogP contribution in [0.25, 0.3) is 0 Å². The van der Waals surface area contributed by atoms with E-state index in [1.54, 1.807) is 18.5 Å². The number of nitrogens with one attached hydrogen (secondary N) is 1. The van der Waals surface area contributed by atoms with Crippen molar-refractivity contribution in [3.63, 3.8) is 0 Å². The molecule has 2 aromatic heterocycles. The molecule has 2 amide bonds. The molecule has 9 nitrogen and oxygen atoms in total. The maximum absolute atomic E-state index is 12.6. The first-order valence-corrected chi connectivity index (χ1v) is 9.43. The number of rotatable bonds is 5. The fourth-order valence-corrected chi connectivity index (χ4v) is 3.00. The van der Waals surface area contributed by atoms with Gasteiger partial charge in [-0.25, -0.2) is 14.8 Å². The molecule has 146 valence electrons. The van der Waals surface area contributed by atoms with Gasteiger partial charge in [0.15, 0.2) is 5.82 Å². The quantitative estimate of drug-likeness (QED) is 0.856. The Hall–Kier alpha value is -2.71. The molecule has 9 heteroatoms. The van der Waals surface area contributed by atoms with Crippen LogP contribution in [0.5, 0.6) is 0 Å². The second-order valence-electron chi connectivity index (χ2n) is 7.19. The highest BCUT2D eigenvalue weighted by atomic mass is 16.5. The van der Waals surface area contributed by atoms with Crippen molar-refractivity contribution < 1.29 is 9.32 Å². The minimum absolute atomic E-state index is 0.123. The highest BCUT2D eigenvalue weighted by molar-refractivity contribution is 5.74. The van der Waals surface area contributed by atoms with E-state index in [0.717, 1.165) is 19.4 Å². The largest absolute Gasteiger partial charge is 0.339 e. The van der Waals surface area contributed by atoms with Crippen LogP contribution >= 0.6 is 0 Å². The second-order valence-corrected chi connectivity index (χ2v) is 7.19. The first-order valence-electron chi connectivity index (χ1n) is 9.43. The Morgan fingerprint density at radius 3 is 2.70 bits per heavy atom. The summed E-state index contributed by atoms with van der Waals surface area (Å²) in [6.07, 6.45) is 5.08. The van der Waals surface area contributed by atoms with Gasteiger partial charge in [0, 0.05) is 45.0 Å². The third kappa shape index (κ3) is 5.15. The monoisotopic (exact) mass is 373 g/mol. The first-order chi connectivity index (χ1) is 13.0. The minimum atomic E-state index is -0.331. The fourth-order valence-electron chi connectivity index (χ4n) is 3.00. The van der Waals surface area contributed by atoms with Gasteiger partial charge in [-0.2, -0.15) is 4.98 Å². The maximum Gasteiger partial charge on any atom is 0.318 e. The number of carbonyl (C=O) groups is 1. The number of urea groups is 1. The molecule has 3 heterocycles. The minimum Gasteiger partial charge on any atom is -0.339 e. The zero-order valence-corrected chi connectivity index (χ0v) is 16.1. The lowest BCUT2D eigenvalue weighted by molar-refractivity contribution is 0.195. The molecule has 1 fully saturated rings. The van der Waals surface area contributed by atoms with E-state index in [9.17, 15) is 4.79 Å². The van der Waals surface area contributed by atoms with Crippen molar-refractivity contribution in [1.82, 2.24) is 30.3 Å². The van der Waals surface area contributed by atoms with Gasteiger partial charge in [-0.1, -0.05) is 19.0 Å². The van der Waals surface area contributed by atoms with Gasteiger partial charge in [-0.05, 0) is 25.3 Å². The van der Waals surface area contributed by atoms with E-state index in [-0.39, 0.29) is 12.1 Å². The smallest absolute Gasteiger partial charge is 0.318 e. The van der Waals surface area contributed by atoms with Crippen molar-refractivity contribution >= 4 is 12.0 Å². The summed E-state index contributed by atoms with van der Waals surface area (Å²) < 4.78 is 5.30. The summed E-state index contributed by atoms with van der Waals surface area (Å²) in [7, 11) is 0. The molecule has 1 aliphatic heterocycles. The molecule has 1 aliphatic rings. The van der Waals surface area contributed by atoms with Gasteiger partial charge < -0.3 is 19.6 Å². The van der Waals surface area contributed by atoms with Crippen LogP contribution in [0.1, 0.15) is 44.9 Å². The summed E-state index contributed by atoms with van der Waals surface area (Å²) in [5.41, 5.74) is 0. The normalized spacial score (nSPS) is 16.3. The van der Waals surface area contributed by atoms with Gasteiger partial charge in [-0.15, -0.1) is 0 Å². The van der Waals surface area contributed by atoms with Crippen LogP contribution in [0.15, 0.2) is 23.0 Å². The van der Waals surface area contributed by atoms with Crippen molar-refractivity contribution in [3.8, 4) is 0 Å². The fraction of sp³-hybridized carbons (Fsp3) is 0.611. The summed E-state index contributed by atoms with van der Waals surface area (Å²) in [4.78, 5) is 29.5. The number of aromatic nitrogens is 4.